The van der Waals surface area contributed by atoms with Crippen LogP contribution in [0.2, 0.25) is 0 Å². The monoisotopic (exact) mass is 269 g/mol. The van der Waals surface area contributed by atoms with Crippen molar-refractivity contribution in [3.05, 3.63) is 39.8 Å². The third-order valence-electron chi connectivity index (χ3n) is 2.47. The van der Waals surface area contributed by atoms with E-state index in [9.17, 15) is 8.78 Å². The number of aromatic nitrogens is 1. The molecule has 96 valence electrons. The first-order valence-electron chi connectivity index (χ1n) is 5.52. The van der Waals surface area contributed by atoms with Crippen molar-refractivity contribution in [2.45, 2.75) is 19.9 Å². The molecule has 0 unspecified atom stereocenters. The van der Waals surface area contributed by atoms with Crippen LogP contribution in [0.5, 0.6) is 0 Å². The highest BCUT2D eigenvalue weighted by Gasteiger charge is 2.08. The van der Waals surface area contributed by atoms with Crippen LogP contribution in [0.1, 0.15) is 16.8 Å². The van der Waals surface area contributed by atoms with E-state index in [-0.39, 0.29) is 5.69 Å². The van der Waals surface area contributed by atoms with Crippen molar-refractivity contribution in [3.8, 4) is 0 Å². The number of hydrogen-bond donors (Lipinski definition) is 2. The fraction of sp³-hybridized carbons (Fsp3) is 0.250. The number of rotatable bonds is 4. The maximum atomic E-state index is 13.1. The smallest absolute Gasteiger partial charge is 0.161 e. The van der Waals surface area contributed by atoms with Crippen LogP contribution in [0.15, 0.2) is 18.3 Å². The summed E-state index contributed by atoms with van der Waals surface area (Å²) < 4.78 is 25.9. The van der Waals surface area contributed by atoms with Crippen molar-refractivity contribution in [2.75, 3.05) is 11.1 Å². The van der Waals surface area contributed by atoms with Gasteiger partial charge in [0.15, 0.2) is 11.6 Å². The molecule has 0 aliphatic rings. The van der Waals surface area contributed by atoms with Gasteiger partial charge in [0.25, 0.3) is 0 Å². The van der Waals surface area contributed by atoms with Gasteiger partial charge in [0.05, 0.1) is 17.9 Å². The van der Waals surface area contributed by atoms with Gasteiger partial charge in [-0.25, -0.2) is 13.8 Å². The Balaban J connectivity index is 2.08. The molecule has 1 heterocycles. The maximum absolute atomic E-state index is 13.1. The molecule has 0 saturated carbocycles. The second kappa shape index (κ2) is 5.30. The molecular formula is C12H13F2N3S. The van der Waals surface area contributed by atoms with Gasteiger partial charge < -0.3 is 11.1 Å². The standard InChI is InChI=1S/C12H13F2N3S/c1-2-7-5-17-12(18-7)6-16-11-4-9(14)8(13)3-10(11)15/h3-5,16H,2,6,15H2,1H3. The second-order valence-electron chi connectivity index (χ2n) is 3.78. The predicted molar refractivity (Wildman–Crippen MR) is 69.6 cm³/mol. The largest absolute Gasteiger partial charge is 0.397 e. The van der Waals surface area contributed by atoms with Gasteiger partial charge in [0, 0.05) is 23.2 Å². The number of benzene rings is 1. The molecule has 0 saturated heterocycles. The van der Waals surface area contributed by atoms with Crippen LogP contribution in [-0.2, 0) is 13.0 Å². The number of aryl methyl sites for hydroxylation is 1. The van der Waals surface area contributed by atoms with E-state index < -0.39 is 11.6 Å². The quantitative estimate of drug-likeness (QED) is 0.838. The zero-order valence-electron chi connectivity index (χ0n) is 9.84. The third-order valence-corrected chi connectivity index (χ3v) is 3.61. The Kier molecular flexibility index (Phi) is 3.76. The Labute approximate surface area is 108 Å². The number of nitrogens with two attached hydrogens (primary N) is 1. The number of thiazole rings is 1. The molecule has 0 aliphatic heterocycles. The van der Waals surface area contributed by atoms with Crippen LogP contribution in [0, 0.1) is 11.6 Å². The van der Waals surface area contributed by atoms with E-state index in [1.54, 1.807) is 11.3 Å². The third kappa shape index (κ3) is 2.76. The lowest BCUT2D eigenvalue weighted by atomic mass is 10.2. The van der Waals surface area contributed by atoms with Crippen LogP contribution in [-0.4, -0.2) is 4.98 Å². The van der Waals surface area contributed by atoms with Gasteiger partial charge in [-0.1, -0.05) is 6.92 Å². The Morgan fingerprint density at radius 3 is 2.72 bits per heavy atom. The minimum atomic E-state index is -0.944. The number of hydrogen-bond acceptors (Lipinski definition) is 4. The van der Waals surface area contributed by atoms with E-state index >= 15 is 0 Å². The Hall–Kier alpha value is -1.69. The zero-order chi connectivity index (χ0) is 13.1. The fourth-order valence-electron chi connectivity index (χ4n) is 1.48. The van der Waals surface area contributed by atoms with E-state index in [1.807, 2.05) is 6.20 Å². The molecule has 18 heavy (non-hydrogen) atoms. The van der Waals surface area contributed by atoms with E-state index in [0.29, 0.717) is 12.2 Å². The van der Waals surface area contributed by atoms with Crippen molar-refractivity contribution < 1.29 is 8.78 Å². The van der Waals surface area contributed by atoms with Crippen molar-refractivity contribution >= 4 is 22.7 Å². The summed E-state index contributed by atoms with van der Waals surface area (Å²) in [6.07, 6.45) is 2.75. The molecule has 6 heteroatoms. The van der Waals surface area contributed by atoms with Crippen LogP contribution >= 0.6 is 11.3 Å². The summed E-state index contributed by atoms with van der Waals surface area (Å²) in [7, 11) is 0. The fourth-order valence-corrected chi connectivity index (χ4v) is 2.28. The highest BCUT2D eigenvalue weighted by atomic mass is 32.1. The Morgan fingerprint density at radius 2 is 2.06 bits per heavy atom. The highest BCUT2D eigenvalue weighted by molar-refractivity contribution is 7.11. The first-order chi connectivity index (χ1) is 8.60. The molecule has 0 fully saturated rings. The molecule has 1 aromatic heterocycles. The van der Waals surface area contributed by atoms with Crippen molar-refractivity contribution in [1.29, 1.82) is 0 Å². The van der Waals surface area contributed by atoms with Crippen LogP contribution < -0.4 is 11.1 Å². The lowest BCUT2D eigenvalue weighted by Crippen LogP contribution is -2.03. The zero-order valence-corrected chi connectivity index (χ0v) is 10.7. The lowest BCUT2D eigenvalue weighted by molar-refractivity contribution is 0.509. The van der Waals surface area contributed by atoms with Gasteiger partial charge in [0.1, 0.15) is 5.01 Å². The average Bonchev–Trinajstić information content (AvgIpc) is 2.80. The molecule has 0 aliphatic carbocycles. The number of nitrogens with one attached hydrogen (secondary N) is 1. The first kappa shape index (κ1) is 12.8. The van der Waals surface area contributed by atoms with Gasteiger partial charge in [-0.15, -0.1) is 11.3 Å². The summed E-state index contributed by atoms with van der Waals surface area (Å²) in [4.78, 5) is 5.40. The molecule has 1 aromatic carbocycles. The SMILES string of the molecule is CCc1cnc(CNc2cc(F)c(F)cc2N)s1. The average molecular weight is 269 g/mol. The van der Waals surface area contributed by atoms with Crippen molar-refractivity contribution in [2.24, 2.45) is 0 Å². The maximum Gasteiger partial charge on any atom is 0.161 e. The topological polar surface area (TPSA) is 50.9 Å². The summed E-state index contributed by atoms with van der Waals surface area (Å²) in [5.74, 6) is -1.86. The Bertz CT molecular complexity index is 554. The summed E-state index contributed by atoms with van der Waals surface area (Å²) in [6.45, 7) is 2.50. The normalized spacial score (nSPS) is 10.6. The van der Waals surface area contributed by atoms with Gasteiger partial charge in [-0.3, -0.25) is 0 Å². The Morgan fingerprint density at radius 1 is 1.33 bits per heavy atom. The molecule has 2 aromatic rings. The number of nitrogens with zero attached hydrogens (tertiary/aromatic N) is 1. The van der Waals surface area contributed by atoms with E-state index in [1.165, 1.54) is 4.88 Å². The second-order valence-corrected chi connectivity index (χ2v) is 4.98. The van der Waals surface area contributed by atoms with E-state index in [0.717, 1.165) is 23.6 Å². The number of anilines is 2. The number of halogens is 2. The summed E-state index contributed by atoms with van der Waals surface area (Å²) in [5.41, 5.74) is 6.16. The molecule has 0 spiro atoms. The van der Waals surface area contributed by atoms with Gasteiger partial charge in [-0.2, -0.15) is 0 Å². The highest BCUT2D eigenvalue weighted by Crippen LogP contribution is 2.23. The number of nitrogen functional groups attached to an aromatic ring is 1. The molecule has 3 N–H and O–H groups in total. The van der Waals surface area contributed by atoms with Crippen LogP contribution in [0.25, 0.3) is 0 Å². The van der Waals surface area contributed by atoms with Crippen molar-refractivity contribution in [3.63, 3.8) is 0 Å². The lowest BCUT2D eigenvalue weighted by Gasteiger charge is -2.08. The van der Waals surface area contributed by atoms with Gasteiger partial charge in [0.2, 0.25) is 0 Å². The van der Waals surface area contributed by atoms with E-state index in [4.69, 9.17) is 5.73 Å². The first-order valence-corrected chi connectivity index (χ1v) is 6.33. The van der Waals surface area contributed by atoms with Gasteiger partial charge >= 0.3 is 0 Å². The summed E-state index contributed by atoms with van der Waals surface area (Å²) >= 11 is 1.58. The summed E-state index contributed by atoms with van der Waals surface area (Å²) in [6, 6.07) is 2.02. The van der Waals surface area contributed by atoms with Crippen LogP contribution in [0.4, 0.5) is 20.2 Å². The van der Waals surface area contributed by atoms with Crippen LogP contribution in [0.3, 0.4) is 0 Å². The predicted octanol–water partition coefficient (Wildman–Crippen LogP) is 3.18. The molecule has 0 radical (unpaired) electrons. The minimum Gasteiger partial charge on any atom is -0.397 e. The van der Waals surface area contributed by atoms with Gasteiger partial charge in [-0.05, 0) is 6.42 Å². The molecule has 0 bridgehead atoms. The molecular weight excluding hydrogens is 256 g/mol. The molecule has 2 rings (SSSR count). The van der Waals surface area contributed by atoms with E-state index in [2.05, 4.69) is 17.2 Å². The minimum absolute atomic E-state index is 0.182. The molecule has 0 atom stereocenters. The molecule has 3 nitrogen and oxygen atoms in total. The molecule has 0 amide bonds. The van der Waals surface area contributed by atoms with Crippen molar-refractivity contribution in [1.82, 2.24) is 4.98 Å². The summed E-state index contributed by atoms with van der Waals surface area (Å²) in [5, 5.41) is 3.84.